The summed E-state index contributed by atoms with van der Waals surface area (Å²) in [4.78, 5) is 2.55. The van der Waals surface area contributed by atoms with Crippen LogP contribution in [0.1, 0.15) is 47.9 Å². The molecule has 11 rings (SSSR count). The third-order valence-electron chi connectivity index (χ3n) is 11.4. The van der Waals surface area contributed by atoms with Gasteiger partial charge >= 0.3 is 0 Å². The van der Waals surface area contributed by atoms with Crippen molar-refractivity contribution in [2.24, 2.45) is 5.92 Å². The molecule has 4 aliphatic carbocycles. The lowest BCUT2D eigenvalue weighted by atomic mass is 9.80. The fraction of sp³-hybridized carbons (Fsp3) is 0.130. The lowest BCUT2D eigenvalue weighted by Crippen LogP contribution is -2.34. The van der Waals surface area contributed by atoms with Gasteiger partial charge in [-0.2, -0.15) is 0 Å². The van der Waals surface area contributed by atoms with Gasteiger partial charge in [0.25, 0.3) is 0 Å². The molecule has 2 nitrogen and oxygen atoms in total. The van der Waals surface area contributed by atoms with Crippen molar-refractivity contribution in [3.05, 3.63) is 178 Å². The summed E-state index contributed by atoms with van der Waals surface area (Å²) in [6.45, 7) is 0. The molecular weight excluding hydrogens is 581 g/mol. The molecule has 2 atom stereocenters. The van der Waals surface area contributed by atoms with Crippen molar-refractivity contribution in [3.63, 3.8) is 0 Å². The molecule has 2 aliphatic heterocycles. The highest BCUT2D eigenvalue weighted by molar-refractivity contribution is 6.08. The van der Waals surface area contributed by atoms with Crippen molar-refractivity contribution < 1.29 is 0 Å². The number of hydrogen-bond acceptors (Lipinski definition) is 1. The summed E-state index contributed by atoms with van der Waals surface area (Å²) in [5, 5.41) is 4.19. The molecule has 6 aliphatic rings. The van der Waals surface area contributed by atoms with Crippen molar-refractivity contribution in [3.8, 4) is 0 Å². The Morgan fingerprint density at radius 3 is 2.48 bits per heavy atom. The molecule has 3 heterocycles. The van der Waals surface area contributed by atoms with E-state index in [2.05, 4.69) is 155 Å². The fourth-order valence-electron chi connectivity index (χ4n) is 9.44. The van der Waals surface area contributed by atoms with Crippen LogP contribution in [-0.4, -0.2) is 10.6 Å². The molecule has 0 radical (unpaired) electrons. The molecule has 2 unspecified atom stereocenters. The fourth-order valence-corrected chi connectivity index (χ4v) is 9.44. The second-order valence-corrected chi connectivity index (χ2v) is 13.9. The third kappa shape index (κ3) is 3.58. The van der Waals surface area contributed by atoms with E-state index in [0.717, 1.165) is 25.7 Å². The zero-order valence-corrected chi connectivity index (χ0v) is 26.7. The minimum atomic E-state index is 0.271. The monoisotopic (exact) mass is 614 g/mol. The van der Waals surface area contributed by atoms with Crippen molar-refractivity contribution in [1.29, 1.82) is 0 Å². The second kappa shape index (κ2) is 9.95. The Labute approximate surface area is 280 Å². The first-order valence-electron chi connectivity index (χ1n) is 17.5. The molecule has 228 valence electrons. The van der Waals surface area contributed by atoms with E-state index in [4.69, 9.17) is 0 Å². The predicted molar refractivity (Wildman–Crippen MR) is 201 cm³/mol. The van der Waals surface area contributed by atoms with Gasteiger partial charge in [0.05, 0.1) is 16.9 Å². The van der Waals surface area contributed by atoms with E-state index in [9.17, 15) is 0 Å². The van der Waals surface area contributed by atoms with Crippen LogP contribution in [0.25, 0.3) is 45.0 Å². The quantitative estimate of drug-likeness (QED) is 0.192. The SMILES string of the molecule is C1=CC2=CC3=C(CC2C=C1)n1c2c(c4ccc(C5=C6c7ccccc7N(c7ccccc7)C6CC=C5)cc41)=CCCC=2c1ccccc13. The minimum Gasteiger partial charge on any atom is -0.333 e. The minimum absolute atomic E-state index is 0.271. The number of hydrogen-bond donors (Lipinski definition) is 0. The largest absolute Gasteiger partial charge is 0.333 e. The van der Waals surface area contributed by atoms with E-state index in [-0.39, 0.29) is 6.04 Å². The molecule has 0 spiro atoms. The van der Waals surface area contributed by atoms with Gasteiger partial charge in [-0.05, 0) is 95.0 Å². The van der Waals surface area contributed by atoms with Gasteiger partial charge in [0.15, 0.2) is 0 Å². The van der Waals surface area contributed by atoms with Gasteiger partial charge in [0.1, 0.15) is 0 Å². The molecule has 4 aromatic carbocycles. The van der Waals surface area contributed by atoms with Crippen LogP contribution in [0.5, 0.6) is 0 Å². The lowest BCUT2D eigenvalue weighted by molar-refractivity contribution is 0.765. The molecule has 1 aromatic heterocycles. The van der Waals surface area contributed by atoms with Gasteiger partial charge < -0.3 is 9.47 Å². The maximum Gasteiger partial charge on any atom is 0.0639 e. The van der Waals surface area contributed by atoms with E-state index in [0.29, 0.717) is 5.92 Å². The van der Waals surface area contributed by atoms with Crippen LogP contribution in [0.4, 0.5) is 11.4 Å². The zero-order chi connectivity index (χ0) is 31.3. The number of aromatic nitrogens is 1. The van der Waals surface area contributed by atoms with E-state index >= 15 is 0 Å². The van der Waals surface area contributed by atoms with Crippen LogP contribution < -0.4 is 15.5 Å². The summed E-state index contributed by atoms with van der Waals surface area (Å²) >= 11 is 0. The van der Waals surface area contributed by atoms with Crippen LogP contribution >= 0.6 is 0 Å². The highest BCUT2D eigenvalue weighted by Crippen LogP contribution is 2.51. The first-order valence-corrected chi connectivity index (χ1v) is 17.5. The van der Waals surface area contributed by atoms with E-state index in [1.807, 2.05) is 0 Å². The lowest BCUT2D eigenvalue weighted by Gasteiger charge is -2.30. The Bertz CT molecular complexity index is 2560. The maximum atomic E-state index is 2.68. The molecule has 5 aromatic rings. The summed E-state index contributed by atoms with van der Waals surface area (Å²) in [6.07, 6.45) is 23.0. The summed E-state index contributed by atoms with van der Waals surface area (Å²) in [7, 11) is 0. The normalized spacial score (nSPS) is 21.2. The molecular formula is C46H34N2. The Hall–Kier alpha value is -5.60. The van der Waals surface area contributed by atoms with Gasteiger partial charge in [0, 0.05) is 44.7 Å². The molecule has 48 heavy (non-hydrogen) atoms. The smallest absolute Gasteiger partial charge is 0.0639 e. The number of fused-ring (bicyclic) bond motifs is 11. The highest BCUT2D eigenvalue weighted by Gasteiger charge is 2.37. The number of para-hydroxylation sites is 2. The van der Waals surface area contributed by atoms with Crippen LogP contribution in [0.15, 0.2) is 145 Å². The first-order chi connectivity index (χ1) is 23.8. The topological polar surface area (TPSA) is 8.17 Å². The van der Waals surface area contributed by atoms with Gasteiger partial charge in [-0.3, -0.25) is 0 Å². The summed E-state index contributed by atoms with van der Waals surface area (Å²) < 4.78 is 2.68. The van der Waals surface area contributed by atoms with Crippen molar-refractivity contribution in [2.75, 3.05) is 4.90 Å². The van der Waals surface area contributed by atoms with Crippen LogP contribution in [0.2, 0.25) is 0 Å². The van der Waals surface area contributed by atoms with Crippen LogP contribution in [0, 0.1) is 5.92 Å². The van der Waals surface area contributed by atoms with Crippen molar-refractivity contribution in [2.45, 2.75) is 31.7 Å². The van der Waals surface area contributed by atoms with Gasteiger partial charge in [-0.25, -0.2) is 0 Å². The Morgan fingerprint density at radius 1 is 0.729 bits per heavy atom. The summed E-state index contributed by atoms with van der Waals surface area (Å²) in [5.41, 5.74) is 17.8. The predicted octanol–water partition coefficient (Wildman–Crippen LogP) is 9.56. The first kappa shape index (κ1) is 26.5. The molecule has 0 saturated heterocycles. The van der Waals surface area contributed by atoms with Crippen molar-refractivity contribution in [1.82, 2.24) is 4.57 Å². The third-order valence-corrected chi connectivity index (χ3v) is 11.4. The molecule has 2 heteroatoms. The zero-order valence-electron chi connectivity index (χ0n) is 26.7. The Balaban J connectivity index is 1.20. The number of anilines is 2. The average Bonchev–Trinajstić information content (AvgIpc) is 3.63. The number of nitrogens with zero attached hydrogens (tertiary/aromatic N) is 2. The molecule has 0 N–H and O–H groups in total. The van der Waals surface area contributed by atoms with E-state index < -0.39 is 0 Å². The number of benzene rings is 4. The molecule has 0 fully saturated rings. The van der Waals surface area contributed by atoms with Gasteiger partial charge in [-0.1, -0.05) is 115 Å². The van der Waals surface area contributed by atoms with E-state index in [1.54, 1.807) is 0 Å². The van der Waals surface area contributed by atoms with Crippen LogP contribution in [0.3, 0.4) is 0 Å². The standard InChI is InChI=1S/C46H34N2/c1-2-14-32(15-3-1)47-41-22-9-8-18-39(41)45-33(19-11-23-42(45)47)31-24-25-36-38-21-10-20-37-34-16-6-7-17-35(34)40-26-29-12-4-5-13-30(29)27-44(40)48(46(37)38)43(36)28-31/h1-9,11-19,21-22,24-26,28,30,42H,10,20,23,27H2. The maximum absolute atomic E-state index is 2.68. The van der Waals surface area contributed by atoms with Crippen LogP contribution in [-0.2, 0) is 0 Å². The summed E-state index contributed by atoms with van der Waals surface area (Å²) in [6, 6.07) is 36.7. The molecule has 0 amide bonds. The Morgan fingerprint density at radius 2 is 1.56 bits per heavy atom. The molecule has 0 saturated carbocycles. The second-order valence-electron chi connectivity index (χ2n) is 13.9. The highest BCUT2D eigenvalue weighted by atomic mass is 15.2. The van der Waals surface area contributed by atoms with Crippen molar-refractivity contribution >= 4 is 56.3 Å². The Kier molecular flexibility index (Phi) is 5.49. The molecule has 0 bridgehead atoms. The average molecular weight is 615 g/mol. The number of rotatable bonds is 2. The summed E-state index contributed by atoms with van der Waals surface area (Å²) in [5.74, 6) is 0.400. The van der Waals surface area contributed by atoms with Gasteiger partial charge in [-0.15, -0.1) is 0 Å². The van der Waals surface area contributed by atoms with Gasteiger partial charge in [0.2, 0.25) is 0 Å². The number of allylic oxidation sites excluding steroid dienone is 10. The van der Waals surface area contributed by atoms with E-state index in [1.165, 1.54) is 88.7 Å².